The molecule has 1 aromatic carbocycles. The quantitative estimate of drug-likeness (QED) is 0.883. The van der Waals surface area contributed by atoms with Crippen molar-refractivity contribution in [1.82, 2.24) is 9.97 Å². The van der Waals surface area contributed by atoms with Gasteiger partial charge in [0.1, 0.15) is 11.6 Å². The average Bonchev–Trinajstić information content (AvgIpc) is 2.36. The second-order valence-electron chi connectivity index (χ2n) is 3.58. The highest BCUT2D eigenvalue weighted by atomic mass is 19.1. The highest BCUT2D eigenvalue weighted by molar-refractivity contribution is 5.29. The third-order valence-electron chi connectivity index (χ3n) is 2.51. The van der Waals surface area contributed by atoms with Crippen molar-refractivity contribution < 1.29 is 8.78 Å². The minimum absolute atomic E-state index is 0.138. The fraction of sp³-hybridized carbons (Fsp3) is 0.167. The van der Waals surface area contributed by atoms with Crippen LogP contribution in [0.15, 0.2) is 36.8 Å². The van der Waals surface area contributed by atoms with Crippen LogP contribution in [-0.4, -0.2) is 16.5 Å². The van der Waals surface area contributed by atoms with E-state index in [0.717, 1.165) is 18.2 Å². The summed E-state index contributed by atoms with van der Waals surface area (Å²) in [4.78, 5) is 7.96. The van der Waals surface area contributed by atoms with E-state index in [1.807, 2.05) is 0 Å². The lowest BCUT2D eigenvalue weighted by Gasteiger charge is -2.14. The SMILES string of the molecule is NCC(c1cnccn1)c1cc(F)ccc1F. The maximum atomic E-state index is 13.6. The number of hydrogen-bond donors (Lipinski definition) is 1. The van der Waals surface area contributed by atoms with Gasteiger partial charge >= 0.3 is 0 Å². The largest absolute Gasteiger partial charge is 0.329 e. The van der Waals surface area contributed by atoms with Crippen LogP contribution < -0.4 is 5.73 Å². The van der Waals surface area contributed by atoms with Gasteiger partial charge in [0.2, 0.25) is 0 Å². The van der Waals surface area contributed by atoms with Gasteiger partial charge in [0.15, 0.2) is 0 Å². The van der Waals surface area contributed by atoms with Crippen LogP contribution in [0.2, 0.25) is 0 Å². The first kappa shape index (κ1) is 11.6. The molecule has 0 radical (unpaired) electrons. The predicted octanol–water partition coefficient (Wildman–Crippen LogP) is 1.85. The molecule has 2 aromatic rings. The maximum absolute atomic E-state index is 13.6. The molecule has 0 saturated carbocycles. The average molecular weight is 235 g/mol. The summed E-state index contributed by atoms with van der Waals surface area (Å²) in [5.74, 6) is -1.48. The van der Waals surface area contributed by atoms with Crippen molar-refractivity contribution in [2.45, 2.75) is 5.92 Å². The lowest BCUT2D eigenvalue weighted by molar-refractivity contribution is 0.572. The molecule has 0 spiro atoms. The Bertz CT molecular complexity index is 502. The summed E-state index contributed by atoms with van der Waals surface area (Å²) in [5.41, 5.74) is 6.33. The van der Waals surface area contributed by atoms with Crippen molar-refractivity contribution in [3.05, 3.63) is 59.7 Å². The van der Waals surface area contributed by atoms with E-state index in [0.29, 0.717) is 5.69 Å². The van der Waals surface area contributed by atoms with Crippen molar-refractivity contribution in [2.75, 3.05) is 6.54 Å². The van der Waals surface area contributed by atoms with Gasteiger partial charge in [0.25, 0.3) is 0 Å². The topological polar surface area (TPSA) is 51.8 Å². The zero-order valence-corrected chi connectivity index (χ0v) is 8.98. The van der Waals surface area contributed by atoms with E-state index in [1.165, 1.54) is 18.6 Å². The first-order valence-electron chi connectivity index (χ1n) is 5.13. The van der Waals surface area contributed by atoms with E-state index in [9.17, 15) is 8.78 Å². The predicted molar refractivity (Wildman–Crippen MR) is 59.3 cm³/mol. The normalized spacial score (nSPS) is 12.4. The lowest BCUT2D eigenvalue weighted by atomic mass is 9.95. The molecule has 0 aliphatic rings. The highest BCUT2D eigenvalue weighted by Crippen LogP contribution is 2.24. The van der Waals surface area contributed by atoms with Gasteiger partial charge in [-0.1, -0.05) is 0 Å². The molecule has 0 aliphatic heterocycles. The van der Waals surface area contributed by atoms with Crippen molar-refractivity contribution in [1.29, 1.82) is 0 Å². The monoisotopic (exact) mass is 235 g/mol. The molecule has 3 nitrogen and oxygen atoms in total. The van der Waals surface area contributed by atoms with Crippen LogP contribution in [0.25, 0.3) is 0 Å². The second-order valence-corrected chi connectivity index (χ2v) is 3.58. The smallest absolute Gasteiger partial charge is 0.127 e. The van der Waals surface area contributed by atoms with Gasteiger partial charge in [0.05, 0.1) is 5.69 Å². The van der Waals surface area contributed by atoms with Crippen LogP contribution in [0.4, 0.5) is 8.78 Å². The molecule has 0 aliphatic carbocycles. The summed E-state index contributed by atoms with van der Waals surface area (Å²) < 4.78 is 26.7. The van der Waals surface area contributed by atoms with Crippen LogP contribution in [0.3, 0.4) is 0 Å². The Labute approximate surface area is 97.3 Å². The van der Waals surface area contributed by atoms with Gasteiger partial charge in [-0.2, -0.15) is 0 Å². The molecule has 17 heavy (non-hydrogen) atoms. The molecule has 0 saturated heterocycles. The van der Waals surface area contributed by atoms with Gasteiger partial charge in [0, 0.05) is 36.6 Å². The molecule has 0 fully saturated rings. The highest BCUT2D eigenvalue weighted by Gasteiger charge is 2.18. The number of nitrogens with zero attached hydrogens (tertiary/aromatic N) is 2. The molecule has 5 heteroatoms. The number of aromatic nitrogens is 2. The van der Waals surface area contributed by atoms with Gasteiger partial charge in [-0.05, 0) is 18.2 Å². The van der Waals surface area contributed by atoms with Crippen molar-refractivity contribution in [3.63, 3.8) is 0 Å². The van der Waals surface area contributed by atoms with E-state index < -0.39 is 17.6 Å². The zero-order chi connectivity index (χ0) is 12.3. The number of hydrogen-bond acceptors (Lipinski definition) is 3. The number of halogens is 2. The molecule has 1 aromatic heterocycles. The van der Waals surface area contributed by atoms with Crippen LogP contribution >= 0.6 is 0 Å². The van der Waals surface area contributed by atoms with Crippen molar-refractivity contribution in [3.8, 4) is 0 Å². The van der Waals surface area contributed by atoms with Crippen molar-refractivity contribution >= 4 is 0 Å². The maximum Gasteiger partial charge on any atom is 0.127 e. The zero-order valence-electron chi connectivity index (χ0n) is 8.98. The van der Waals surface area contributed by atoms with Crippen LogP contribution in [0.5, 0.6) is 0 Å². The van der Waals surface area contributed by atoms with Gasteiger partial charge in [-0.3, -0.25) is 9.97 Å². The molecular weight excluding hydrogens is 224 g/mol. The third-order valence-corrected chi connectivity index (χ3v) is 2.51. The molecular formula is C12H11F2N3. The first-order valence-corrected chi connectivity index (χ1v) is 5.13. The van der Waals surface area contributed by atoms with Gasteiger partial charge in [-0.25, -0.2) is 8.78 Å². The van der Waals surface area contributed by atoms with E-state index >= 15 is 0 Å². The van der Waals surface area contributed by atoms with Gasteiger partial charge < -0.3 is 5.73 Å². The minimum Gasteiger partial charge on any atom is -0.329 e. The summed E-state index contributed by atoms with van der Waals surface area (Å²) in [5, 5.41) is 0. The van der Waals surface area contributed by atoms with E-state index in [-0.39, 0.29) is 12.1 Å². The summed E-state index contributed by atoms with van der Waals surface area (Å²) >= 11 is 0. The molecule has 2 N–H and O–H groups in total. The molecule has 0 bridgehead atoms. The lowest BCUT2D eigenvalue weighted by Crippen LogP contribution is -2.16. The minimum atomic E-state index is -0.497. The Hall–Kier alpha value is -1.88. The summed E-state index contributed by atoms with van der Waals surface area (Å²) in [6, 6.07) is 3.30. The molecule has 88 valence electrons. The van der Waals surface area contributed by atoms with E-state index in [4.69, 9.17) is 5.73 Å². The standard InChI is InChI=1S/C12H11F2N3/c13-8-1-2-11(14)9(5-8)10(6-15)12-7-16-3-4-17-12/h1-5,7,10H,6,15H2. The number of nitrogens with two attached hydrogens (primary N) is 1. The molecule has 0 amide bonds. The Morgan fingerprint density at radius 2 is 2.06 bits per heavy atom. The van der Waals surface area contributed by atoms with E-state index in [2.05, 4.69) is 9.97 Å². The summed E-state index contributed by atoms with van der Waals surface area (Å²) in [6.07, 6.45) is 4.51. The number of rotatable bonds is 3. The van der Waals surface area contributed by atoms with Gasteiger partial charge in [-0.15, -0.1) is 0 Å². The Kier molecular flexibility index (Phi) is 3.39. The Morgan fingerprint density at radius 1 is 1.24 bits per heavy atom. The fourth-order valence-corrected chi connectivity index (χ4v) is 1.68. The Balaban J connectivity index is 2.46. The van der Waals surface area contributed by atoms with E-state index in [1.54, 1.807) is 0 Å². The molecule has 1 atom stereocenters. The summed E-state index contributed by atoms with van der Waals surface area (Å²) in [6.45, 7) is 0.138. The van der Waals surface area contributed by atoms with Crippen molar-refractivity contribution in [2.24, 2.45) is 5.73 Å². The summed E-state index contributed by atoms with van der Waals surface area (Å²) in [7, 11) is 0. The fourth-order valence-electron chi connectivity index (χ4n) is 1.68. The Morgan fingerprint density at radius 3 is 2.71 bits per heavy atom. The van der Waals surface area contributed by atoms with Crippen LogP contribution in [0.1, 0.15) is 17.2 Å². The van der Waals surface area contributed by atoms with Crippen LogP contribution in [-0.2, 0) is 0 Å². The molecule has 1 heterocycles. The molecule has 2 rings (SSSR count). The number of benzene rings is 1. The molecule has 1 unspecified atom stereocenters. The van der Waals surface area contributed by atoms with Crippen LogP contribution in [0, 0.1) is 11.6 Å². The first-order chi connectivity index (χ1) is 8.22. The third kappa shape index (κ3) is 2.45. The second kappa shape index (κ2) is 4.97.